The van der Waals surface area contributed by atoms with Gasteiger partial charge in [0.15, 0.2) is 0 Å². The van der Waals surface area contributed by atoms with Gasteiger partial charge in [0.1, 0.15) is 11.5 Å². The standard InChI is InChI=1S/C18H21ClN2O5S/c1-25-17-7-6-15(10-16(17)19)27(23,24)21-8-2-4-13(12-21)18(22)20-11-14-5-3-9-26-14/h3,5-7,9-10,13H,2,4,8,11-12H2,1H3,(H,20,22)/t13-/m1/s1. The summed E-state index contributed by atoms with van der Waals surface area (Å²) >= 11 is 6.06. The molecule has 1 aliphatic rings. The summed E-state index contributed by atoms with van der Waals surface area (Å²) in [5.41, 5.74) is 0. The second kappa shape index (κ2) is 8.33. The van der Waals surface area contributed by atoms with Gasteiger partial charge in [-0.15, -0.1) is 0 Å². The van der Waals surface area contributed by atoms with Crippen molar-refractivity contribution in [3.8, 4) is 5.75 Å². The van der Waals surface area contributed by atoms with Gasteiger partial charge in [0.05, 0.1) is 35.8 Å². The molecule has 146 valence electrons. The SMILES string of the molecule is COc1ccc(S(=O)(=O)N2CCC[C@@H](C(=O)NCc3ccco3)C2)cc1Cl. The number of methoxy groups -OCH3 is 1. The molecule has 0 bridgehead atoms. The molecule has 1 fully saturated rings. The molecule has 0 unspecified atom stereocenters. The van der Waals surface area contributed by atoms with E-state index in [0.717, 1.165) is 0 Å². The molecule has 3 rings (SSSR count). The predicted octanol–water partition coefficient (Wildman–Crippen LogP) is 2.66. The molecule has 1 atom stereocenters. The largest absolute Gasteiger partial charge is 0.495 e. The van der Waals surface area contributed by atoms with Crippen molar-refractivity contribution < 1.29 is 22.4 Å². The number of piperidine rings is 1. The molecule has 2 heterocycles. The summed E-state index contributed by atoms with van der Waals surface area (Å²) < 4.78 is 37.5. The second-order valence-corrected chi connectivity index (χ2v) is 8.64. The summed E-state index contributed by atoms with van der Waals surface area (Å²) in [5.74, 6) is 0.470. The summed E-state index contributed by atoms with van der Waals surface area (Å²) in [6.07, 6.45) is 2.79. The highest BCUT2D eigenvalue weighted by Gasteiger charge is 2.33. The van der Waals surface area contributed by atoms with E-state index in [0.29, 0.717) is 30.9 Å². The maximum absolute atomic E-state index is 12.9. The third-order valence-corrected chi connectivity index (χ3v) is 6.69. The highest BCUT2D eigenvalue weighted by molar-refractivity contribution is 7.89. The number of carbonyl (C=O) groups excluding carboxylic acids is 1. The van der Waals surface area contributed by atoms with E-state index in [4.69, 9.17) is 20.8 Å². The molecular weight excluding hydrogens is 392 g/mol. The van der Waals surface area contributed by atoms with E-state index in [2.05, 4.69) is 5.32 Å². The fraction of sp³-hybridized carbons (Fsp3) is 0.389. The zero-order valence-corrected chi connectivity index (χ0v) is 16.4. The number of halogens is 1. The van der Waals surface area contributed by atoms with Crippen LogP contribution < -0.4 is 10.1 Å². The van der Waals surface area contributed by atoms with E-state index in [1.165, 1.54) is 35.9 Å². The average molecular weight is 413 g/mol. The van der Waals surface area contributed by atoms with Gasteiger partial charge in [-0.05, 0) is 43.2 Å². The van der Waals surface area contributed by atoms with Crippen LogP contribution in [0.4, 0.5) is 0 Å². The number of carbonyl (C=O) groups is 1. The van der Waals surface area contributed by atoms with Crippen molar-refractivity contribution in [3.05, 3.63) is 47.4 Å². The van der Waals surface area contributed by atoms with Crippen LogP contribution in [0.5, 0.6) is 5.75 Å². The Morgan fingerprint density at radius 3 is 2.89 bits per heavy atom. The Balaban J connectivity index is 1.69. The van der Waals surface area contributed by atoms with Crippen LogP contribution in [-0.2, 0) is 21.4 Å². The van der Waals surface area contributed by atoms with Gasteiger partial charge in [-0.3, -0.25) is 4.79 Å². The van der Waals surface area contributed by atoms with Crippen molar-refractivity contribution in [2.24, 2.45) is 5.92 Å². The van der Waals surface area contributed by atoms with Crippen LogP contribution in [0.2, 0.25) is 5.02 Å². The van der Waals surface area contributed by atoms with Gasteiger partial charge in [-0.25, -0.2) is 8.42 Å². The van der Waals surface area contributed by atoms with Crippen LogP contribution in [-0.4, -0.2) is 38.8 Å². The summed E-state index contributed by atoms with van der Waals surface area (Å²) in [5, 5.41) is 3.02. The summed E-state index contributed by atoms with van der Waals surface area (Å²) in [6.45, 7) is 0.785. The first-order chi connectivity index (χ1) is 12.9. The number of sulfonamides is 1. The van der Waals surface area contributed by atoms with Gasteiger partial charge in [-0.1, -0.05) is 11.6 Å². The smallest absolute Gasteiger partial charge is 0.243 e. The van der Waals surface area contributed by atoms with E-state index in [1.807, 2.05) is 0 Å². The summed E-state index contributed by atoms with van der Waals surface area (Å²) in [6, 6.07) is 7.87. The second-order valence-electron chi connectivity index (χ2n) is 6.30. The molecule has 9 heteroatoms. The lowest BCUT2D eigenvalue weighted by atomic mass is 9.99. The monoisotopic (exact) mass is 412 g/mol. The molecule has 1 N–H and O–H groups in total. The lowest BCUT2D eigenvalue weighted by Gasteiger charge is -2.31. The lowest BCUT2D eigenvalue weighted by molar-refractivity contribution is -0.126. The number of benzene rings is 1. The minimum atomic E-state index is -3.74. The van der Waals surface area contributed by atoms with Crippen molar-refractivity contribution in [2.45, 2.75) is 24.3 Å². The normalized spacial score (nSPS) is 18.2. The number of ether oxygens (including phenoxy) is 1. The Hall–Kier alpha value is -2.03. The van der Waals surface area contributed by atoms with E-state index in [-0.39, 0.29) is 28.9 Å². The van der Waals surface area contributed by atoms with Gasteiger partial charge < -0.3 is 14.5 Å². The number of nitrogens with one attached hydrogen (secondary N) is 1. The van der Waals surface area contributed by atoms with Gasteiger partial charge >= 0.3 is 0 Å². The first-order valence-electron chi connectivity index (χ1n) is 8.55. The van der Waals surface area contributed by atoms with E-state index >= 15 is 0 Å². The van der Waals surface area contributed by atoms with Crippen LogP contribution in [0.15, 0.2) is 45.9 Å². The van der Waals surface area contributed by atoms with E-state index in [9.17, 15) is 13.2 Å². The highest BCUT2D eigenvalue weighted by Crippen LogP contribution is 2.30. The Kier molecular flexibility index (Phi) is 6.08. The molecule has 0 aliphatic carbocycles. The zero-order valence-electron chi connectivity index (χ0n) is 14.9. The molecular formula is C18H21ClN2O5S. The number of amides is 1. The summed E-state index contributed by atoms with van der Waals surface area (Å²) in [4.78, 5) is 12.5. The van der Waals surface area contributed by atoms with Crippen molar-refractivity contribution in [3.63, 3.8) is 0 Å². The minimum Gasteiger partial charge on any atom is -0.495 e. The van der Waals surface area contributed by atoms with Crippen molar-refractivity contribution in [1.29, 1.82) is 0 Å². The Bertz CT molecular complexity index is 898. The number of nitrogens with zero attached hydrogens (tertiary/aromatic N) is 1. The fourth-order valence-electron chi connectivity index (χ4n) is 3.06. The van der Waals surface area contributed by atoms with Gasteiger partial charge in [0.25, 0.3) is 0 Å². The van der Waals surface area contributed by atoms with Gasteiger partial charge in [-0.2, -0.15) is 4.31 Å². The Labute approximate surface area is 163 Å². The minimum absolute atomic E-state index is 0.0879. The molecule has 0 radical (unpaired) electrons. The highest BCUT2D eigenvalue weighted by atomic mass is 35.5. The molecule has 1 amide bonds. The van der Waals surface area contributed by atoms with Gasteiger partial charge in [0, 0.05) is 13.1 Å². The van der Waals surface area contributed by atoms with Crippen molar-refractivity contribution in [2.75, 3.05) is 20.2 Å². The van der Waals surface area contributed by atoms with Crippen molar-refractivity contribution in [1.82, 2.24) is 9.62 Å². The topological polar surface area (TPSA) is 88.9 Å². The third kappa shape index (κ3) is 4.45. The maximum Gasteiger partial charge on any atom is 0.243 e. The van der Waals surface area contributed by atoms with Crippen LogP contribution in [0.1, 0.15) is 18.6 Å². The molecule has 1 aromatic heterocycles. The predicted molar refractivity (Wildman–Crippen MR) is 100 cm³/mol. The number of hydrogen-bond donors (Lipinski definition) is 1. The Morgan fingerprint density at radius 1 is 1.41 bits per heavy atom. The Morgan fingerprint density at radius 2 is 2.22 bits per heavy atom. The lowest BCUT2D eigenvalue weighted by Crippen LogP contribution is -2.45. The number of hydrogen-bond acceptors (Lipinski definition) is 5. The fourth-order valence-corrected chi connectivity index (χ4v) is 4.94. The maximum atomic E-state index is 12.9. The average Bonchev–Trinajstić information content (AvgIpc) is 3.19. The zero-order chi connectivity index (χ0) is 19.4. The molecule has 1 aromatic carbocycles. The molecule has 27 heavy (non-hydrogen) atoms. The van der Waals surface area contributed by atoms with Crippen LogP contribution >= 0.6 is 11.6 Å². The summed E-state index contributed by atoms with van der Waals surface area (Å²) in [7, 11) is -2.28. The van der Waals surface area contributed by atoms with Crippen molar-refractivity contribution >= 4 is 27.5 Å². The van der Waals surface area contributed by atoms with Crippen LogP contribution in [0, 0.1) is 5.92 Å². The first kappa shape index (κ1) is 19.7. The first-order valence-corrected chi connectivity index (χ1v) is 10.4. The molecule has 0 saturated carbocycles. The molecule has 2 aromatic rings. The third-order valence-electron chi connectivity index (χ3n) is 4.53. The van der Waals surface area contributed by atoms with E-state index < -0.39 is 15.9 Å². The van der Waals surface area contributed by atoms with Crippen LogP contribution in [0.3, 0.4) is 0 Å². The van der Waals surface area contributed by atoms with E-state index in [1.54, 1.807) is 12.1 Å². The number of furan rings is 1. The molecule has 7 nitrogen and oxygen atoms in total. The van der Waals surface area contributed by atoms with Crippen LogP contribution in [0.25, 0.3) is 0 Å². The van der Waals surface area contributed by atoms with Gasteiger partial charge in [0.2, 0.25) is 15.9 Å². The quantitative estimate of drug-likeness (QED) is 0.787. The molecule has 0 spiro atoms. The molecule has 1 aliphatic heterocycles. The number of rotatable bonds is 6. The molecule has 1 saturated heterocycles.